The fourth-order valence-corrected chi connectivity index (χ4v) is 1.40. The Morgan fingerprint density at radius 3 is 2.94 bits per heavy atom. The third-order valence-electron chi connectivity index (χ3n) is 2.30. The molecular weight excluding hydrogens is 232 g/mol. The predicted octanol–water partition coefficient (Wildman–Crippen LogP) is 0.0789. The summed E-state index contributed by atoms with van der Waals surface area (Å²) in [6, 6.07) is 3.63. The summed E-state index contributed by atoms with van der Waals surface area (Å²) < 4.78 is 1.44. The third-order valence-corrected chi connectivity index (χ3v) is 2.30. The highest BCUT2D eigenvalue weighted by Gasteiger charge is 2.06. The summed E-state index contributed by atoms with van der Waals surface area (Å²) >= 11 is 0. The zero-order valence-corrected chi connectivity index (χ0v) is 10.00. The minimum absolute atomic E-state index is 0.0981. The van der Waals surface area contributed by atoms with E-state index in [9.17, 15) is 4.79 Å². The molecule has 0 radical (unpaired) electrons. The zero-order chi connectivity index (χ0) is 13.0. The number of amides is 1. The molecule has 0 aliphatic carbocycles. The molecule has 0 aliphatic heterocycles. The van der Waals surface area contributed by atoms with Crippen LogP contribution < -0.4 is 11.1 Å². The summed E-state index contributed by atoms with van der Waals surface area (Å²) in [4.78, 5) is 15.8. The van der Waals surface area contributed by atoms with E-state index >= 15 is 0 Å². The number of carbonyl (C=O) groups excluding carboxylic acids is 1. The van der Waals surface area contributed by atoms with Crippen LogP contribution in [0.2, 0.25) is 0 Å². The van der Waals surface area contributed by atoms with E-state index in [-0.39, 0.29) is 12.5 Å². The van der Waals surface area contributed by atoms with Crippen molar-refractivity contribution in [2.75, 3.05) is 5.32 Å². The molecule has 0 fully saturated rings. The first-order valence-corrected chi connectivity index (χ1v) is 5.49. The summed E-state index contributed by atoms with van der Waals surface area (Å²) in [5.41, 5.74) is 7.62. The standard InChI is InChI=1S/C11H14N6O/c1-8-2-3-9(5-13-8)14-11(18)7-17-6-10(4-12)15-16-17/h2-3,5-6H,4,7,12H2,1H3,(H,14,18). The zero-order valence-electron chi connectivity index (χ0n) is 10.00. The Bertz CT molecular complexity index is 533. The molecular formula is C11H14N6O. The van der Waals surface area contributed by atoms with Crippen molar-refractivity contribution in [1.82, 2.24) is 20.0 Å². The fourth-order valence-electron chi connectivity index (χ4n) is 1.40. The van der Waals surface area contributed by atoms with Gasteiger partial charge in [0.05, 0.1) is 23.8 Å². The Kier molecular flexibility index (Phi) is 3.63. The summed E-state index contributed by atoms with van der Waals surface area (Å²) in [7, 11) is 0. The van der Waals surface area contributed by atoms with Gasteiger partial charge in [-0.05, 0) is 19.1 Å². The number of nitrogens with one attached hydrogen (secondary N) is 1. The van der Waals surface area contributed by atoms with Crippen LogP contribution in [-0.4, -0.2) is 25.9 Å². The second kappa shape index (κ2) is 5.37. The lowest BCUT2D eigenvalue weighted by molar-refractivity contribution is -0.116. The van der Waals surface area contributed by atoms with E-state index in [1.807, 2.05) is 13.0 Å². The van der Waals surface area contributed by atoms with Crippen molar-refractivity contribution in [2.45, 2.75) is 20.0 Å². The molecule has 0 atom stereocenters. The Morgan fingerprint density at radius 1 is 1.50 bits per heavy atom. The second-order valence-electron chi connectivity index (χ2n) is 3.85. The van der Waals surface area contributed by atoms with Gasteiger partial charge in [-0.3, -0.25) is 9.78 Å². The normalized spacial score (nSPS) is 10.3. The number of carbonyl (C=O) groups is 1. The van der Waals surface area contributed by atoms with Gasteiger partial charge in [-0.1, -0.05) is 5.21 Å². The number of anilines is 1. The van der Waals surface area contributed by atoms with Crippen molar-refractivity contribution in [2.24, 2.45) is 5.73 Å². The molecule has 0 saturated heterocycles. The van der Waals surface area contributed by atoms with E-state index in [4.69, 9.17) is 5.73 Å². The van der Waals surface area contributed by atoms with Crippen molar-refractivity contribution < 1.29 is 4.79 Å². The van der Waals surface area contributed by atoms with Crippen LogP contribution in [0.25, 0.3) is 0 Å². The molecule has 0 bridgehead atoms. The molecule has 1 amide bonds. The van der Waals surface area contributed by atoms with Crippen LogP contribution in [-0.2, 0) is 17.9 Å². The Balaban J connectivity index is 1.94. The number of hydrogen-bond donors (Lipinski definition) is 2. The highest BCUT2D eigenvalue weighted by atomic mass is 16.2. The highest BCUT2D eigenvalue weighted by molar-refractivity contribution is 5.90. The molecule has 3 N–H and O–H groups in total. The maximum Gasteiger partial charge on any atom is 0.246 e. The number of aromatic nitrogens is 4. The molecule has 18 heavy (non-hydrogen) atoms. The minimum Gasteiger partial charge on any atom is -0.325 e. The van der Waals surface area contributed by atoms with E-state index in [1.165, 1.54) is 4.68 Å². The summed E-state index contributed by atoms with van der Waals surface area (Å²) in [6.07, 6.45) is 3.26. The van der Waals surface area contributed by atoms with Crippen LogP contribution in [0.1, 0.15) is 11.4 Å². The molecule has 2 aromatic heterocycles. The minimum atomic E-state index is -0.186. The average molecular weight is 246 g/mol. The summed E-state index contributed by atoms with van der Waals surface area (Å²) in [5.74, 6) is -0.186. The van der Waals surface area contributed by atoms with Gasteiger partial charge in [-0.25, -0.2) is 4.68 Å². The second-order valence-corrected chi connectivity index (χ2v) is 3.85. The summed E-state index contributed by atoms with van der Waals surface area (Å²) in [5, 5.41) is 10.3. The smallest absolute Gasteiger partial charge is 0.246 e. The van der Waals surface area contributed by atoms with Crippen molar-refractivity contribution in [1.29, 1.82) is 0 Å². The first-order valence-electron chi connectivity index (χ1n) is 5.49. The maximum absolute atomic E-state index is 11.7. The van der Waals surface area contributed by atoms with E-state index in [0.29, 0.717) is 17.9 Å². The largest absolute Gasteiger partial charge is 0.325 e. The van der Waals surface area contributed by atoms with Gasteiger partial charge in [0.25, 0.3) is 0 Å². The fraction of sp³-hybridized carbons (Fsp3) is 0.273. The Hall–Kier alpha value is -2.28. The van der Waals surface area contributed by atoms with E-state index in [1.54, 1.807) is 18.5 Å². The molecule has 2 aromatic rings. The lowest BCUT2D eigenvalue weighted by Gasteiger charge is -2.04. The van der Waals surface area contributed by atoms with Gasteiger partial charge in [-0.15, -0.1) is 5.10 Å². The van der Waals surface area contributed by atoms with Crippen LogP contribution in [0.5, 0.6) is 0 Å². The number of nitrogens with two attached hydrogens (primary N) is 1. The van der Waals surface area contributed by atoms with Gasteiger partial charge in [0.15, 0.2) is 0 Å². The van der Waals surface area contributed by atoms with Gasteiger partial charge in [0.1, 0.15) is 6.54 Å². The summed E-state index contributed by atoms with van der Waals surface area (Å²) in [6.45, 7) is 2.29. The third kappa shape index (κ3) is 3.11. The Labute approximate surface area is 104 Å². The van der Waals surface area contributed by atoms with Gasteiger partial charge in [-0.2, -0.15) is 0 Å². The molecule has 7 heteroatoms. The number of pyridine rings is 1. The maximum atomic E-state index is 11.7. The van der Waals surface area contributed by atoms with E-state index < -0.39 is 0 Å². The van der Waals surface area contributed by atoms with Crippen molar-refractivity contribution in [3.63, 3.8) is 0 Å². The molecule has 94 valence electrons. The van der Waals surface area contributed by atoms with Gasteiger partial charge in [0.2, 0.25) is 5.91 Å². The lowest BCUT2D eigenvalue weighted by Crippen LogP contribution is -2.19. The molecule has 0 aromatic carbocycles. The van der Waals surface area contributed by atoms with Crippen LogP contribution in [0.4, 0.5) is 5.69 Å². The highest BCUT2D eigenvalue weighted by Crippen LogP contribution is 2.05. The molecule has 2 heterocycles. The average Bonchev–Trinajstić information content (AvgIpc) is 2.79. The SMILES string of the molecule is Cc1ccc(NC(=O)Cn2cc(CN)nn2)cn1. The molecule has 2 rings (SSSR count). The quantitative estimate of drug-likeness (QED) is 0.796. The molecule has 0 spiro atoms. The van der Waals surface area contributed by atoms with E-state index in [0.717, 1.165) is 5.69 Å². The lowest BCUT2D eigenvalue weighted by atomic mass is 10.3. The van der Waals surface area contributed by atoms with Gasteiger partial charge < -0.3 is 11.1 Å². The van der Waals surface area contributed by atoms with Crippen molar-refractivity contribution >= 4 is 11.6 Å². The number of hydrogen-bond acceptors (Lipinski definition) is 5. The topological polar surface area (TPSA) is 98.7 Å². The van der Waals surface area contributed by atoms with Crippen LogP contribution in [0.15, 0.2) is 24.5 Å². The van der Waals surface area contributed by atoms with Gasteiger partial charge in [0, 0.05) is 12.2 Å². The van der Waals surface area contributed by atoms with E-state index in [2.05, 4.69) is 20.6 Å². The number of nitrogens with zero attached hydrogens (tertiary/aromatic N) is 4. The Morgan fingerprint density at radius 2 is 2.33 bits per heavy atom. The molecule has 0 unspecified atom stereocenters. The predicted molar refractivity (Wildman–Crippen MR) is 65.5 cm³/mol. The van der Waals surface area contributed by atoms with Crippen molar-refractivity contribution in [3.8, 4) is 0 Å². The van der Waals surface area contributed by atoms with Crippen LogP contribution >= 0.6 is 0 Å². The number of rotatable bonds is 4. The van der Waals surface area contributed by atoms with Crippen LogP contribution in [0.3, 0.4) is 0 Å². The number of aryl methyl sites for hydroxylation is 1. The molecule has 7 nitrogen and oxygen atoms in total. The van der Waals surface area contributed by atoms with Crippen molar-refractivity contribution in [3.05, 3.63) is 35.9 Å². The molecule has 0 aliphatic rings. The van der Waals surface area contributed by atoms with Crippen LogP contribution in [0, 0.1) is 6.92 Å². The monoisotopic (exact) mass is 246 g/mol. The first-order chi connectivity index (χ1) is 8.67. The molecule has 0 saturated carbocycles. The van der Waals surface area contributed by atoms with Gasteiger partial charge >= 0.3 is 0 Å². The first kappa shape index (κ1) is 12.2.